The third-order valence-electron chi connectivity index (χ3n) is 3.34. The molecule has 8 heteroatoms. The summed E-state index contributed by atoms with van der Waals surface area (Å²) >= 11 is 1.37. The monoisotopic (exact) mass is 357 g/mol. The first-order valence-electron chi connectivity index (χ1n) is 7.66. The molecule has 3 aromatic rings. The van der Waals surface area contributed by atoms with Crippen molar-refractivity contribution in [2.45, 2.75) is 11.4 Å². The van der Waals surface area contributed by atoms with E-state index in [-0.39, 0.29) is 17.5 Å². The molecule has 0 spiro atoms. The van der Waals surface area contributed by atoms with Crippen molar-refractivity contribution < 1.29 is 9.18 Å². The second-order valence-electron chi connectivity index (χ2n) is 5.11. The predicted octanol–water partition coefficient (Wildman–Crippen LogP) is 2.39. The van der Waals surface area contributed by atoms with Gasteiger partial charge in [0.25, 0.3) is 0 Å². The molecule has 6 nitrogen and oxygen atoms in total. The number of rotatable bonds is 7. The summed E-state index contributed by atoms with van der Waals surface area (Å²) in [5, 5.41) is 2.86. The van der Waals surface area contributed by atoms with Crippen LogP contribution >= 0.6 is 11.8 Å². The van der Waals surface area contributed by atoms with E-state index in [2.05, 4.69) is 20.3 Å². The molecule has 0 fully saturated rings. The number of hydrogen-bond acceptors (Lipinski definition) is 5. The van der Waals surface area contributed by atoms with Crippen LogP contribution in [0.1, 0.15) is 0 Å². The van der Waals surface area contributed by atoms with Crippen LogP contribution in [-0.2, 0) is 11.3 Å². The highest BCUT2D eigenvalue weighted by Gasteiger charge is 2.08. The highest BCUT2D eigenvalue weighted by Crippen LogP contribution is 2.17. The summed E-state index contributed by atoms with van der Waals surface area (Å²) in [7, 11) is 0. The van der Waals surface area contributed by atoms with Crippen LogP contribution in [-0.4, -0.2) is 37.7 Å². The second-order valence-corrected chi connectivity index (χ2v) is 6.16. The molecule has 128 valence electrons. The van der Waals surface area contributed by atoms with Gasteiger partial charge in [0, 0.05) is 42.8 Å². The fourth-order valence-electron chi connectivity index (χ4n) is 2.16. The summed E-state index contributed by atoms with van der Waals surface area (Å²) in [6, 6.07) is 7.82. The van der Waals surface area contributed by atoms with Crippen LogP contribution in [0.2, 0.25) is 0 Å². The summed E-state index contributed by atoms with van der Waals surface area (Å²) in [6.07, 6.45) is 6.83. The molecule has 1 amide bonds. The van der Waals surface area contributed by atoms with Crippen molar-refractivity contribution in [2.24, 2.45) is 0 Å². The SMILES string of the molecule is O=C(CSc1ccc(F)cc1)NCCn1ccnc1-c1ncccn1. The maximum Gasteiger partial charge on any atom is 0.230 e. The Morgan fingerprint density at radius 2 is 1.88 bits per heavy atom. The second kappa shape index (κ2) is 8.39. The smallest absolute Gasteiger partial charge is 0.230 e. The number of carbonyl (C=O) groups excluding carboxylic acids is 1. The molecule has 25 heavy (non-hydrogen) atoms. The average Bonchev–Trinajstić information content (AvgIpc) is 3.10. The van der Waals surface area contributed by atoms with Crippen molar-refractivity contribution >= 4 is 17.7 Å². The summed E-state index contributed by atoms with van der Waals surface area (Å²) in [4.78, 5) is 25.4. The quantitative estimate of drug-likeness (QED) is 0.657. The third-order valence-corrected chi connectivity index (χ3v) is 4.35. The fraction of sp³-hybridized carbons (Fsp3) is 0.176. The molecule has 0 saturated heterocycles. The molecule has 0 aliphatic rings. The molecule has 1 aromatic carbocycles. The first-order valence-corrected chi connectivity index (χ1v) is 8.64. The maximum absolute atomic E-state index is 12.8. The lowest BCUT2D eigenvalue weighted by Crippen LogP contribution is -2.28. The van der Waals surface area contributed by atoms with Gasteiger partial charge in [0.1, 0.15) is 5.82 Å². The van der Waals surface area contributed by atoms with Gasteiger partial charge in [-0.3, -0.25) is 4.79 Å². The van der Waals surface area contributed by atoms with E-state index in [1.807, 2.05) is 10.8 Å². The topological polar surface area (TPSA) is 72.7 Å². The molecule has 0 atom stereocenters. The van der Waals surface area contributed by atoms with Gasteiger partial charge < -0.3 is 9.88 Å². The third kappa shape index (κ3) is 4.87. The number of halogens is 1. The molecule has 0 aliphatic carbocycles. The predicted molar refractivity (Wildman–Crippen MR) is 93.4 cm³/mol. The van der Waals surface area contributed by atoms with Crippen molar-refractivity contribution in [2.75, 3.05) is 12.3 Å². The van der Waals surface area contributed by atoms with Crippen LogP contribution in [0.5, 0.6) is 0 Å². The summed E-state index contributed by atoms with van der Waals surface area (Å²) in [5.74, 6) is 1.13. The van der Waals surface area contributed by atoms with Gasteiger partial charge in [-0.25, -0.2) is 19.3 Å². The van der Waals surface area contributed by atoms with Crippen molar-refractivity contribution in [1.82, 2.24) is 24.8 Å². The van der Waals surface area contributed by atoms with E-state index in [1.54, 1.807) is 36.8 Å². The van der Waals surface area contributed by atoms with Gasteiger partial charge in [-0.15, -0.1) is 11.8 Å². The van der Waals surface area contributed by atoms with Gasteiger partial charge in [0.2, 0.25) is 5.91 Å². The van der Waals surface area contributed by atoms with Gasteiger partial charge in [-0.2, -0.15) is 0 Å². The number of hydrogen-bond donors (Lipinski definition) is 1. The molecule has 2 aromatic heterocycles. The van der Waals surface area contributed by atoms with E-state index in [4.69, 9.17) is 0 Å². The Labute approximate surface area is 148 Å². The van der Waals surface area contributed by atoms with E-state index < -0.39 is 0 Å². The summed E-state index contributed by atoms with van der Waals surface area (Å²) in [5.41, 5.74) is 0. The average molecular weight is 357 g/mol. The molecule has 0 bridgehead atoms. The molecule has 0 saturated carbocycles. The highest BCUT2D eigenvalue weighted by atomic mass is 32.2. The van der Waals surface area contributed by atoms with Crippen LogP contribution in [0.15, 0.2) is 60.0 Å². The molecular weight excluding hydrogens is 341 g/mol. The maximum atomic E-state index is 12.8. The van der Waals surface area contributed by atoms with Crippen LogP contribution in [0, 0.1) is 5.82 Å². The van der Waals surface area contributed by atoms with Crippen molar-refractivity contribution in [1.29, 1.82) is 0 Å². The number of nitrogens with zero attached hydrogens (tertiary/aromatic N) is 4. The van der Waals surface area contributed by atoms with E-state index >= 15 is 0 Å². The van der Waals surface area contributed by atoms with Crippen molar-refractivity contribution in [3.05, 3.63) is 60.9 Å². The lowest BCUT2D eigenvalue weighted by atomic mass is 10.4. The molecular formula is C17H16FN5OS. The largest absolute Gasteiger partial charge is 0.354 e. The highest BCUT2D eigenvalue weighted by molar-refractivity contribution is 8.00. The first-order chi connectivity index (χ1) is 12.2. The molecule has 2 heterocycles. The standard InChI is InChI=1S/C17H16FN5OS/c18-13-2-4-14(5-3-13)25-12-15(24)19-8-10-23-11-9-22-17(23)16-20-6-1-7-21-16/h1-7,9,11H,8,10,12H2,(H,19,24). The number of aromatic nitrogens is 4. The molecule has 0 radical (unpaired) electrons. The molecule has 0 aliphatic heterocycles. The minimum Gasteiger partial charge on any atom is -0.354 e. The zero-order chi connectivity index (χ0) is 17.5. The van der Waals surface area contributed by atoms with Crippen LogP contribution in [0.3, 0.4) is 0 Å². The Hall–Kier alpha value is -2.74. The summed E-state index contributed by atoms with van der Waals surface area (Å²) < 4.78 is 14.7. The van der Waals surface area contributed by atoms with Crippen LogP contribution in [0.4, 0.5) is 4.39 Å². The first kappa shape index (κ1) is 17.1. The summed E-state index contributed by atoms with van der Waals surface area (Å²) in [6.45, 7) is 1.04. The Bertz CT molecular complexity index is 823. The van der Waals surface area contributed by atoms with Gasteiger partial charge in [-0.05, 0) is 30.3 Å². The number of thioether (sulfide) groups is 1. The van der Waals surface area contributed by atoms with E-state index in [1.165, 1.54) is 23.9 Å². The van der Waals surface area contributed by atoms with E-state index in [9.17, 15) is 9.18 Å². The Kier molecular flexibility index (Phi) is 5.73. The Morgan fingerprint density at radius 3 is 2.64 bits per heavy atom. The minimum absolute atomic E-state index is 0.0769. The molecule has 3 rings (SSSR count). The lowest BCUT2D eigenvalue weighted by molar-refractivity contribution is -0.118. The normalized spacial score (nSPS) is 10.6. The van der Waals surface area contributed by atoms with Gasteiger partial charge >= 0.3 is 0 Å². The van der Waals surface area contributed by atoms with E-state index in [0.717, 1.165) is 4.90 Å². The number of imidazole rings is 1. The zero-order valence-electron chi connectivity index (χ0n) is 13.3. The Balaban J connectivity index is 1.46. The minimum atomic E-state index is -0.285. The number of benzene rings is 1. The Morgan fingerprint density at radius 1 is 1.12 bits per heavy atom. The van der Waals surface area contributed by atoms with Crippen molar-refractivity contribution in [3.8, 4) is 11.6 Å². The molecule has 0 unspecified atom stereocenters. The van der Waals surface area contributed by atoms with Gasteiger partial charge in [0.05, 0.1) is 5.75 Å². The van der Waals surface area contributed by atoms with Gasteiger partial charge in [0.15, 0.2) is 11.6 Å². The van der Waals surface area contributed by atoms with Crippen LogP contribution in [0.25, 0.3) is 11.6 Å². The van der Waals surface area contributed by atoms with Gasteiger partial charge in [-0.1, -0.05) is 0 Å². The van der Waals surface area contributed by atoms with Crippen molar-refractivity contribution in [3.63, 3.8) is 0 Å². The number of carbonyl (C=O) groups is 1. The lowest BCUT2D eigenvalue weighted by Gasteiger charge is -2.08. The van der Waals surface area contributed by atoms with E-state index in [0.29, 0.717) is 24.7 Å². The number of amides is 1. The fourth-order valence-corrected chi connectivity index (χ4v) is 2.89. The molecule has 1 N–H and O–H groups in total. The zero-order valence-corrected chi connectivity index (χ0v) is 14.1. The van der Waals surface area contributed by atoms with Crippen LogP contribution < -0.4 is 5.32 Å². The number of nitrogens with one attached hydrogen (secondary N) is 1.